The molecule has 3 rings (SSSR count). The molecule has 11 heteroatoms. The van der Waals surface area contributed by atoms with Crippen LogP contribution in [0.15, 0.2) is 30.3 Å². The summed E-state index contributed by atoms with van der Waals surface area (Å²) in [6.07, 6.45) is -6.66. The standard InChI is InChI=1S/C18H11F3N2O5S/c19-9-3-8(6-22)4-10(5-9)28-12-2-1-11(23-13(24)7-29(26)27)14-15(12)16(20)17(21)18(14)25/h1-5,7,16-18,25H,(H,23,24)/t16-,17+,18-/m0/s1. The van der Waals surface area contributed by atoms with Crippen molar-refractivity contribution in [1.82, 2.24) is 0 Å². The van der Waals surface area contributed by atoms with E-state index in [1.165, 1.54) is 6.07 Å². The fourth-order valence-electron chi connectivity index (χ4n) is 2.96. The molecule has 0 heterocycles. The van der Waals surface area contributed by atoms with E-state index >= 15 is 0 Å². The smallest absolute Gasteiger partial charge is 0.263 e. The number of nitrogens with zero attached hydrogens (tertiary/aromatic N) is 1. The molecule has 0 aromatic heterocycles. The average Bonchev–Trinajstić information content (AvgIpc) is 2.87. The molecule has 0 radical (unpaired) electrons. The van der Waals surface area contributed by atoms with Crippen LogP contribution in [0.1, 0.15) is 29.0 Å². The number of hydrogen-bond donors (Lipinski definition) is 2. The number of hydrogen-bond acceptors (Lipinski definition) is 6. The Balaban J connectivity index is 2.07. The average molecular weight is 424 g/mol. The number of rotatable bonds is 4. The zero-order valence-corrected chi connectivity index (χ0v) is 15.1. The van der Waals surface area contributed by atoms with Crippen LogP contribution < -0.4 is 10.1 Å². The van der Waals surface area contributed by atoms with E-state index in [9.17, 15) is 31.5 Å². The Morgan fingerprint density at radius 3 is 2.62 bits per heavy atom. The molecule has 2 aromatic carbocycles. The molecule has 0 aliphatic heterocycles. The van der Waals surface area contributed by atoms with Gasteiger partial charge in [-0.1, -0.05) is 0 Å². The van der Waals surface area contributed by atoms with Gasteiger partial charge in [-0.15, -0.1) is 0 Å². The first kappa shape index (κ1) is 20.4. The molecule has 2 aromatic rings. The van der Waals surface area contributed by atoms with Crippen molar-refractivity contribution < 1.29 is 36.2 Å². The number of fused-ring (bicyclic) bond motifs is 1. The van der Waals surface area contributed by atoms with Crippen molar-refractivity contribution >= 4 is 27.3 Å². The first-order valence-corrected chi connectivity index (χ1v) is 9.10. The van der Waals surface area contributed by atoms with Crippen molar-refractivity contribution in [3.05, 3.63) is 52.8 Å². The highest BCUT2D eigenvalue weighted by molar-refractivity contribution is 7.73. The number of nitriles is 1. The van der Waals surface area contributed by atoms with E-state index in [1.807, 2.05) is 0 Å². The van der Waals surface area contributed by atoms with Crippen molar-refractivity contribution in [2.24, 2.45) is 0 Å². The lowest BCUT2D eigenvalue weighted by atomic mass is 10.0. The highest BCUT2D eigenvalue weighted by Gasteiger charge is 2.45. The third-order valence-corrected chi connectivity index (χ3v) is 4.50. The van der Waals surface area contributed by atoms with E-state index in [2.05, 4.69) is 5.32 Å². The van der Waals surface area contributed by atoms with Crippen LogP contribution in [-0.4, -0.2) is 31.0 Å². The number of benzene rings is 2. The predicted molar refractivity (Wildman–Crippen MR) is 94.9 cm³/mol. The number of carbonyl (C=O) groups is 1. The normalized spacial score (nSPS) is 19.8. The van der Waals surface area contributed by atoms with Crippen molar-refractivity contribution in [3.63, 3.8) is 0 Å². The second-order valence-corrected chi connectivity index (χ2v) is 6.74. The minimum absolute atomic E-state index is 0.0677. The summed E-state index contributed by atoms with van der Waals surface area (Å²) in [4.78, 5) is 11.6. The molecule has 7 nitrogen and oxygen atoms in total. The molecule has 1 aliphatic carbocycles. The topological polar surface area (TPSA) is 116 Å². The molecule has 1 aliphatic rings. The number of aliphatic hydroxyl groups excluding tert-OH is 1. The number of halogens is 3. The molecule has 1 amide bonds. The Kier molecular flexibility index (Phi) is 5.58. The van der Waals surface area contributed by atoms with Gasteiger partial charge in [-0.2, -0.15) is 13.7 Å². The second kappa shape index (κ2) is 7.94. The maximum atomic E-state index is 14.5. The largest absolute Gasteiger partial charge is 0.457 e. The zero-order chi connectivity index (χ0) is 21.3. The van der Waals surface area contributed by atoms with Gasteiger partial charge >= 0.3 is 0 Å². The van der Waals surface area contributed by atoms with Crippen molar-refractivity contribution in [2.45, 2.75) is 18.4 Å². The molecule has 0 bridgehead atoms. The molecule has 150 valence electrons. The molecule has 0 saturated heterocycles. The lowest BCUT2D eigenvalue weighted by Gasteiger charge is -2.16. The van der Waals surface area contributed by atoms with E-state index in [0.717, 1.165) is 24.3 Å². The van der Waals surface area contributed by atoms with Gasteiger partial charge in [0.1, 0.15) is 28.8 Å². The molecule has 0 unspecified atom stereocenters. The predicted octanol–water partition coefficient (Wildman–Crippen LogP) is 2.51. The monoisotopic (exact) mass is 424 g/mol. The van der Waals surface area contributed by atoms with Crippen LogP contribution in [0.5, 0.6) is 11.5 Å². The van der Waals surface area contributed by atoms with Crippen LogP contribution in [0.4, 0.5) is 18.9 Å². The van der Waals surface area contributed by atoms with Gasteiger partial charge in [0.05, 0.1) is 11.6 Å². The van der Waals surface area contributed by atoms with Crippen molar-refractivity contribution in [3.8, 4) is 17.6 Å². The molecule has 0 spiro atoms. The number of ether oxygens (including phenoxy) is 1. The molecule has 0 saturated carbocycles. The van der Waals surface area contributed by atoms with E-state index in [4.69, 9.17) is 10.00 Å². The van der Waals surface area contributed by atoms with Gasteiger partial charge in [-0.05, 0) is 24.3 Å². The minimum Gasteiger partial charge on any atom is -0.457 e. The lowest BCUT2D eigenvalue weighted by Crippen LogP contribution is -2.16. The third kappa shape index (κ3) is 4.08. The highest BCUT2D eigenvalue weighted by Crippen LogP contribution is 2.51. The van der Waals surface area contributed by atoms with Crippen LogP contribution in [0, 0.1) is 17.1 Å². The zero-order valence-electron chi connectivity index (χ0n) is 14.3. The first-order chi connectivity index (χ1) is 13.7. The first-order valence-electron chi connectivity index (χ1n) is 7.96. The molecular weight excluding hydrogens is 413 g/mol. The fraction of sp³-hybridized carbons (Fsp3) is 0.167. The lowest BCUT2D eigenvalue weighted by molar-refractivity contribution is -0.109. The Morgan fingerprint density at radius 2 is 1.97 bits per heavy atom. The third-order valence-electron chi connectivity index (χ3n) is 4.09. The van der Waals surface area contributed by atoms with Gasteiger partial charge < -0.3 is 15.2 Å². The van der Waals surface area contributed by atoms with Gasteiger partial charge in [0, 0.05) is 22.9 Å². The summed E-state index contributed by atoms with van der Waals surface area (Å²) in [7, 11) is -2.81. The summed E-state index contributed by atoms with van der Waals surface area (Å²) >= 11 is 0. The van der Waals surface area contributed by atoms with Gasteiger partial charge in [0.15, 0.2) is 12.3 Å². The van der Waals surface area contributed by atoms with Crippen LogP contribution in [0.25, 0.3) is 0 Å². The molecule has 3 atom stereocenters. The van der Waals surface area contributed by atoms with E-state index in [-0.39, 0.29) is 28.3 Å². The molecule has 0 fully saturated rings. The van der Waals surface area contributed by atoms with E-state index in [1.54, 1.807) is 6.07 Å². The molecular formula is C18H11F3N2O5S. The Hall–Kier alpha value is -3.36. The number of aliphatic hydroxyl groups is 1. The van der Waals surface area contributed by atoms with E-state index in [0.29, 0.717) is 5.37 Å². The number of alkyl halides is 2. The van der Waals surface area contributed by atoms with Crippen molar-refractivity contribution in [2.75, 3.05) is 5.32 Å². The minimum atomic E-state index is -2.81. The highest BCUT2D eigenvalue weighted by atomic mass is 32.2. The summed E-state index contributed by atoms with van der Waals surface area (Å²) in [6.45, 7) is 0. The number of nitrogens with one attached hydrogen (secondary N) is 1. The summed E-state index contributed by atoms with van der Waals surface area (Å²) in [5.41, 5.74) is -1.04. The quantitative estimate of drug-likeness (QED) is 0.729. The summed E-state index contributed by atoms with van der Waals surface area (Å²) in [5, 5.41) is 21.4. The van der Waals surface area contributed by atoms with Gasteiger partial charge in [-0.3, -0.25) is 4.79 Å². The number of anilines is 1. The second-order valence-electron chi connectivity index (χ2n) is 5.99. The van der Waals surface area contributed by atoms with Crippen LogP contribution >= 0.6 is 0 Å². The van der Waals surface area contributed by atoms with Gasteiger partial charge in [0.25, 0.3) is 5.91 Å². The summed E-state index contributed by atoms with van der Waals surface area (Å²) < 4.78 is 68.8. The fourth-order valence-corrected chi connectivity index (χ4v) is 3.19. The van der Waals surface area contributed by atoms with Crippen molar-refractivity contribution in [1.29, 1.82) is 5.26 Å². The van der Waals surface area contributed by atoms with E-state index < -0.39 is 46.0 Å². The number of amides is 1. The Bertz CT molecular complexity index is 1170. The maximum Gasteiger partial charge on any atom is 0.263 e. The van der Waals surface area contributed by atoms with Crippen LogP contribution in [0.3, 0.4) is 0 Å². The molecule has 2 N–H and O–H groups in total. The Labute approximate surface area is 163 Å². The SMILES string of the molecule is N#Cc1cc(F)cc(Oc2ccc(NC(=O)C=S(=O)=O)c3c2[C@H](F)[C@@H](F)[C@H]3O)c1. The number of carbonyl (C=O) groups excluding carboxylic acids is 1. The Morgan fingerprint density at radius 1 is 1.24 bits per heavy atom. The maximum absolute atomic E-state index is 14.5. The van der Waals surface area contributed by atoms with Gasteiger partial charge in [-0.25, -0.2) is 13.2 Å². The van der Waals surface area contributed by atoms with Crippen LogP contribution in [-0.2, 0) is 15.1 Å². The van der Waals surface area contributed by atoms with Crippen LogP contribution in [0.2, 0.25) is 0 Å². The molecule has 29 heavy (non-hydrogen) atoms. The summed E-state index contributed by atoms with van der Waals surface area (Å²) in [6, 6.07) is 7.05. The summed E-state index contributed by atoms with van der Waals surface area (Å²) in [5.74, 6) is -2.32. The van der Waals surface area contributed by atoms with Gasteiger partial charge in [0.2, 0.25) is 10.3 Å².